The number of para-hydroxylation sites is 3. The van der Waals surface area contributed by atoms with Gasteiger partial charge in [0.15, 0.2) is 0 Å². The number of aromatic nitrogens is 2. The zero-order valence-corrected chi connectivity index (χ0v) is 25.0. The van der Waals surface area contributed by atoms with E-state index in [4.69, 9.17) is 9.40 Å². The Morgan fingerprint density at radius 1 is 0.600 bits per heavy atom. The highest BCUT2D eigenvalue weighted by atomic mass is 16.3. The predicted molar refractivity (Wildman–Crippen MR) is 186 cm³/mol. The first-order chi connectivity index (χ1) is 22.1. The zero-order chi connectivity index (χ0) is 29.9. The fourth-order valence-corrected chi connectivity index (χ4v) is 7.82. The van der Waals surface area contributed by atoms with Crippen molar-refractivity contribution >= 4 is 54.6 Å². The van der Waals surface area contributed by atoms with Gasteiger partial charge >= 0.3 is 0 Å². The molecule has 9 aromatic rings. The maximum absolute atomic E-state index is 6.60. The van der Waals surface area contributed by atoms with Crippen LogP contribution in [0.15, 0.2) is 138 Å². The predicted octanol–water partition coefficient (Wildman–Crippen LogP) is 11.2. The lowest BCUT2D eigenvalue weighted by molar-refractivity contribution is 0.612. The molecule has 1 aliphatic rings. The quantitative estimate of drug-likeness (QED) is 0.205. The van der Waals surface area contributed by atoms with Gasteiger partial charge in [0.1, 0.15) is 5.58 Å². The summed E-state index contributed by atoms with van der Waals surface area (Å²) in [5.74, 6) is 0. The van der Waals surface area contributed by atoms with Crippen molar-refractivity contribution in [2.75, 3.05) is 0 Å². The number of hydrogen-bond donors (Lipinski definition) is 0. The van der Waals surface area contributed by atoms with E-state index >= 15 is 0 Å². The van der Waals surface area contributed by atoms with Crippen LogP contribution in [0.1, 0.15) is 25.0 Å². The second-order valence-electron chi connectivity index (χ2n) is 12.8. The minimum Gasteiger partial charge on any atom is -0.439 e. The molecule has 3 nitrogen and oxygen atoms in total. The van der Waals surface area contributed by atoms with Crippen LogP contribution in [0.5, 0.6) is 0 Å². The number of fused-ring (bicyclic) bond motifs is 9. The third-order valence-corrected chi connectivity index (χ3v) is 9.99. The zero-order valence-electron chi connectivity index (χ0n) is 25.0. The van der Waals surface area contributed by atoms with E-state index in [0.717, 1.165) is 38.8 Å². The van der Waals surface area contributed by atoms with E-state index in [1.807, 2.05) is 6.07 Å². The summed E-state index contributed by atoms with van der Waals surface area (Å²) in [4.78, 5) is 5.18. The molecule has 45 heavy (non-hydrogen) atoms. The van der Waals surface area contributed by atoms with E-state index in [-0.39, 0.29) is 5.41 Å². The standard InChI is InChI=1S/C42H28N2O/c1-42(2)33-18-10-17-31-39-30-15-6-8-20-38(30)45-41(39)44(40(31)33)37-22-21-26(23-34(37)42)32-24-36(43-35-19-7-5-14-29(32)35)28-16-9-12-25-11-3-4-13-27(25)28/h3-24H,1-2H3. The van der Waals surface area contributed by atoms with E-state index in [0.29, 0.717) is 0 Å². The first-order valence-corrected chi connectivity index (χ1v) is 15.6. The summed E-state index contributed by atoms with van der Waals surface area (Å²) in [6.45, 7) is 4.71. The first-order valence-electron chi connectivity index (χ1n) is 15.6. The summed E-state index contributed by atoms with van der Waals surface area (Å²) >= 11 is 0. The summed E-state index contributed by atoms with van der Waals surface area (Å²) in [5.41, 5.74) is 12.1. The normalized spacial score (nSPS) is 13.7. The summed E-state index contributed by atoms with van der Waals surface area (Å²) < 4.78 is 8.96. The molecule has 0 fully saturated rings. The molecule has 0 saturated heterocycles. The van der Waals surface area contributed by atoms with Gasteiger partial charge in [-0.05, 0) is 63.4 Å². The molecule has 0 unspecified atom stereocenters. The van der Waals surface area contributed by atoms with Gasteiger partial charge in [0.05, 0.1) is 27.8 Å². The molecule has 0 N–H and O–H groups in total. The Hall–Kier alpha value is -5.67. The van der Waals surface area contributed by atoms with Crippen LogP contribution in [0, 0.1) is 0 Å². The van der Waals surface area contributed by atoms with E-state index in [2.05, 4.69) is 146 Å². The molecule has 0 spiro atoms. The van der Waals surface area contributed by atoms with Gasteiger partial charge in [-0.15, -0.1) is 0 Å². The van der Waals surface area contributed by atoms with Crippen molar-refractivity contribution < 1.29 is 4.42 Å². The molecule has 0 aliphatic carbocycles. The molecule has 0 saturated carbocycles. The number of furan rings is 1. The van der Waals surface area contributed by atoms with Crippen LogP contribution in [0.2, 0.25) is 0 Å². The molecule has 0 amide bonds. The van der Waals surface area contributed by atoms with Crippen molar-refractivity contribution in [2.24, 2.45) is 0 Å². The van der Waals surface area contributed by atoms with E-state index in [1.54, 1.807) is 0 Å². The topological polar surface area (TPSA) is 31.0 Å². The lowest BCUT2D eigenvalue weighted by Crippen LogP contribution is -2.26. The smallest absolute Gasteiger partial charge is 0.213 e. The van der Waals surface area contributed by atoms with Crippen LogP contribution in [0.3, 0.4) is 0 Å². The van der Waals surface area contributed by atoms with E-state index < -0.39 is 0 Å². The van der Waals surface area contributed by atoms with Crippen molar-refractivity contribution in [3.63, 3.8) is 0 Å². The molecule has 0 atom stereocenters. The van der Waals surface area contributed by atoms with Gasteiger partial charge < -0.3 is 4.42 Å². The van der Waals surface area contributed by atoms with Gasteiger partial charge in [-0.25, -0.2) is 4.98 Å². The average molecular weight is 577 g/mol. The molecule has 10 rings (SSSR count). The fourth-order valence-electron chi connectivity index (χ4n) is 7.82. The first kappa shape index (κ1) is 24.7. The number of benzene rings is 6. The van der Waals surface area contributed by atoms with Crippen molar-refractivity contribution in [2.45, 2.75) is 19.3 Å². The fraction of sp³-hybridized carbons (Fsp3) is 0.0714. The second kappa shape index (κ2) is 8.71. The Morgan fingerprint density at radius 3 is 2.24 bits per heavy atom. The minimum absolute atomic E-state index is 0.215. The van der Waals surface area contributed by atoms with E-state index in [9.17, 15) is 0 Å². The van der Waals surface area contributed by atoms with Crippen molar-refractivity contribution in [3.8, 4) is 28.1 Å². The SMILES string of the molecule is CC1(C)c2cc(-c3cc(-c4cccc5ccccc45)nc4ccccc34)ccc2-n2c3oc4ccccc4c3c3cccc1c32. The van der Waals surface area contributed by atoms with Gasteiger partial charge in [0.25, 0.3) is 0 Å². The average Bonchev–Trinajstić information content (AvgIpc) is 3.62. The maximum atomic E-state index is 6.60. The molecule has 4 heterocycles. The Morgan fingerprint density at radius 2 is 1.33 bits per heavy atom. The largest absolute Gasteiger partial charge is 0.439 e. The van der Waals surface area contributed by atoms with Crippen molar-refractivity contribution in [3.05, 3.63) is 145 Å². The lowest BCUT2D eigenvalue weighted by Gasteiger charge is -2.34. The van der Waals surface area contributed by atoms with Gasteiger partial charge in [-0.3, -0.25) is 4.57 Å². The highest BCUT2D eigenvalue weighted by Crippen LogP contribution is 2.50. The molecule has 3 heteroatoms. The third kappa shape index (κ3) is 3.27. The monoisotopic (exact) mass is 576 g/mol. The Balaban J connectivity index is 1.26. The van der Waals surface area contributed by atoms with Crippen molar-refractivity contribution in [1.29, 1.82) is 0 Å². The second-order valence-corrected chi connectivity index (χ2v) is 12.8. The van der Waals surface area contributed by atoms with Gasteiger partial charge in [-0.2, -0.15) is 0 Å². The molecule has 0 bridgehead atoms. The third-order valence-electron chi connectivity index (χ3n) is 9.99. The maximum Gasteiger partial charge on any atom is 0.213 e. The van der Waals surface area contributed by atoms with Crippen molar-refractivity contribution in [1.82, 2.24) is 9.55 Å². The number of nitrogens with zero attached hydrogens (tertiary/aromatic N) is 2. The van der Waals surface area contributed by atoms with Crippen LogP contribution in [-0.4, -0.2) is 9.55 Å². The van der Waals surface area contributed by atoms with Gasteiger partial charge in [0.2, 0.25) is 5.71 Å². The Labute approximate surface area is 260 Å². The summed E-state index contributed by atoms with van der Waals surface area (Å²) in [7, 11) is 0. The lowest BCUT2D eigenvalue weighted by atomic mass is 9.74. The molecule has 0 radical (unpaired) electrons. The van der Waals surface area contributed by atoms with Gasteiger partial charge in [0, 0.05) is 27.1 Å². The van der Waals surface area contributed by atoms with Crippen LogP contribution < -0.4 is 0 Å². The Kier molecular flexibility index (Phi) is 4.79. The Bertz CT molecular complexity index is 2680. The van der Waals surface area contributed by atoms with Crippen LogP contribution in [0.25, 0.3) is 82.7 Å². The number of rotatable bonds is 2. The summed E-state index contributed by atoms with van der Waals surface area (Å²) in [6.07, 6.45) is 0. The minimum atomic E-state index is -0.215. The molecule has 6 aromatic carbocycles. The van der Waals surface area contributed by atoms with Gasteiger partial charge in [-0.1, -0.05) is 117 Å². The molecule has 212 valence electrons. The molecular formula is C42H28N2O. The number of pyridine rings is 1. The summed E-state index contributed by atoms with van der Waals surface area (Å²) in [5, 5.41) is 7.18. The highest BCUT2D eigenvalue weighted by Gasteiger charge is 2.36. The van der Waals surface area contributed by atoms with E-state index in [1.165, 1.54) is 55.0 Å². The molecular weight excluding hydrogens is 548 g/mol. The van der Waals surface area contributed by atoms with Crippen LogP contribution >= 0.6 is 0 Å². The number of hydrogen-bond acceptors (Lipinski definition) is 2. The molecule has 1 aliphatic heterocycles. The van der Waals surface area contributed by atoms with Crippen LogP contribution in [0.4, 0.5) is 0 Å². The van der Waals surface area contributed by atoms with Crippen LogP contribution in [-0.2, 0) is 5.41 Å². The summed E-state index contributed by atoms with van der Waals surface area (Å²) in [6, 6.07) is 47.9. The highest BCUT2D eigenvalue weighted by molar-refractivity contribution is 6.21. The molecule has 3 aromatic heterocycles.